The summed E-state index contributed by atoms with van der Waals surface area (Å²) in [6.45, 7) is 5.22. The molecule has 2 heteroatoms. The number of hydrogen-bond donors (Lipinski definition) is 2. The van der Waals surface area contributed by atoms with Gasteiger partial charge in [0.05, 0.1) is 6.10 Å². The third kappa shape index (κ3) is 3.30. The van der Waals surface area contributed by atoms with Crippen LogP contribution in [-0.2, 0) is 0 Å². The fraction of sp³-hybridized carbons (Fsp3) is 0.600. The zero-order chi connectivity index (χ0) is 12.3. The molecule has 94 valence electrons. The normalized spacial score (nSPS) is 26.1. The summed E-state index contributed by atoms with van der Waals surface area (Å²) in [5.41, 5.74) is 2.62. The molecule has 0 bridgehead atoms. The van der Waals surface area contributed by atoms with Crippen molar-refractivity contribution in [2.75, 3.05) is 6.54 Å². The lowest BCUT2D eigenvalue weighted by atomic mass is 10.0. The average Bonchev–Trinajstić information content (AvgIpc) is 2.73. The summed E-state index contributed by atoms with van der Waals surface area (Å²) in [5.74, 6) is 0.447. The number of aliphatic hydroxyl groups excluding tert-OH is 1. The monoisotopic (exact) mass is 233 g/mol. The van der Waals surface area contributed by atoms with E-state index in [1.54, 1.807) is 0 Å². The lowest BCUT2D eigenvalue weighted by Gasteiger charge is -2.20. The van der Waals surface area contributed by atoms with Crippen LogP contribution in [0.25, 0.3) is 0 Å². The van der Waals surface area contributed by atoms with Crippen molar-refractivity contribution < 1.29 is 5.11 Å². The quantitative estimate of drug-likeness (QED) is 0.838. The highest BCUT2D eigenvalue weighted by Crippen LogP contribution is 2.25. The summed E-state index contributed by atoms with van der Waals surface area (Å²) in [6.07, 6.45) is 3.22. The molecule has 1 aliphatic carbocycles. The van der Waals surface area contributed by atoms with Crippen LogP contribution in [0.4, 0.5) is 0 Å². The number of rotatable bonds is 4. The number of hydrogen-bond acceptors (Lipinski definition) is 2. The Bertz CT molecular complexity index is 346. The molecule has 0 saturated heterocycles. The standard InChI is InChI=1S/C15H23NO/c1-11-6-8-13(9-7-11)12(2)16-10-14-4-3-5-15(14)17/h6-9,12,14-17H,3-5,10H2,1-2H3. The van der Waals surface area contributed by atoms with Crippen molar-refractivity contribution in [2.24, 2.45) is 5.92 Å². The molecule has 1 saturated carbocycles. The Kier molecular flexibility index (Phi) is 4.19. The molecule has 3 unspecified atom stereocenters. The topological polar surface area (TPSA) is 32.3 Å². The zero-order valence-electron chi connectivity index (χ0n) is 10.8. The van der Waals surface area contributed by atoms with Crippen molar-refractivity contribution in [2.45, 2.75) is 45.3 Å². The summed E-state index contributed by atoms with van der Waals surface area (Å²) in [5, 5.41) is 13.3. The highest BCUT2D eigenvalue weighted by atomic mass is 16.3. The molecule has 2 N–H and O–H groups in total. The van der Waals surface area contributed by atoms with Crippen LogP contribution in [0, 0.1) is 12.8 Å². The van der Waals surface area contributed by atoms with Gasteiger partial charge in [0, 0.05) is 12.6 Å². The van der Waals surface area contributed by atoms with E-state index in [0.717, 1.165) is 19.4 Å². The fourth-order valence-electron chi connectivity index (χ4n) is 2.56. The molecule has 1 aromatic carbocycles. The molecule has 0 radical (unpaired) electrons. The number of aliphatic hydroxyl groups is 1. The second-order valence-corrected chi connectivity index (χ2v) is 5.30. The molecule has 0 heterocycles. The van der Waals surface area contributed by atoms with Gasteiger partial charge in [0.2, 0.25) is 0 Å². The van der Waals surface area contributed by atoms with Crippen molar-refractivity contribution in [1.82, 2.24) is 5.32 Å². The van der Waals surface area contributed by atoms with E-state index in [1.165, 1.54) is 17.5 Å². The van der Waals surface area contributed by atoms with Gasteiger partial charge in [-0.3, -0.25) is 0 Å². The second kappa shape index (κ2) is 5.65. The van der Waals surface area contributed by atoms with Crippen molar-refractivity contribution in [3.63, 3.8) is 0 Å². The SMILES string of the molecule is Cc1ccc(C(C)NCC2CCCC2O)cc1. The molecule has 0 aliphatic heterocycles. The molecule has 3 atom stereocenters. The van der Waals surface area contributed by atoms with Crippen LogP contribution in [0.5, 0.6) is 0 Å². The number of nitrogens with one attached hydrogen (secondary N) is 1. The van der Waals surface area contributed by atoms with E-state index in [2.05, 4.69) is 43.4 Å². The van der Waals surface area contributed by atoms with Crippen LogP contribution in [0.1, 0.15) is 43.4 Å². The maximum Gasteiger partial charge on any atom is 0.0580 e. The van der Waals surface area contributed by atoms with Crippen LogP contribution in [0.15, 0.2) is 24.3 Å². The van der Waals surface area contributed by atoms with E-state index in [4.69, 9.17) is 0 Å². The summed E-state index contributed by atoms with van der Waals surface area (Å²) in [4.78, 5) is 0. The molecule has 0 spiro atoms. The van der Waals surface area contributed by atoms with Gasteiger partial charge in [-0.25, -0.2) is 0 Å². The van der Waals surface area contributed by atoms with Crippen LogP contribution >= 0.6 is 0 Å². The summed E-state index contributed by atoms with van der Waals surface area (Å²) in [7, 11) is 0. The van der Waals surface area contributed by atoms with Gasteiger partial charge in [-0.1, -0.05) is 36.2 Å². The molecular weight excluding hydrogens is 210 g/mol. The van der Waals surface area contributed by atoms with Gasteiger partial charge >= 0.3 is 0 Å². The second-order valence-electron chi connectivity index (χ2n) is 5.30. The smallest absolute Gasteiger partial charge is 0.0580 e. The van der Waals surface area contributed by atoms with E-state index in [9.17, 15) is 5.11 Å². The minimum absolute atomic E-state index is 0.0901. The lowest BCUT2D eigenvalue weighted by Crippen LogP contribution is -2.29. The van der Waals surface area contributed by atoms with Gasteiger partial charge in [-0.15, -0.1) is 0 Å². The van der Waals surface area contributed by atoms with E-state index >= 15 is 0 Å². The number of benzene rings is 1. The van der Waals surface area contributed by atoms with Gasteiger partial charge in [0.15, 0.2) is 0 Å². The van der Waals surface area contributed by atoms with E-state index in [-0.39, 0.29) is 6.10 Å². The minimum Gasteiger partial charge on any atom is -0.393 e. The van der Waals surface area contributed by atoms with Crippen molar-refractivity contribution >= 4 is 0 Å². The third-order valence-corrected chi connectivity index (χ3v) is 3.88. The predicted molar refractivity (Wildman–Crippen MR) is 70.9 cm³/mol. The molecule has 1 fully saturated rings. The molecule has 17 heavy (non-hydrogen) atoms. The summed E-state index contributed by atoms with van der Waals surface area (Å²) in [6, 6.07) is 9.02. The van der Waals surface area contributed by atoms with Gasteiger partial charge in [-0.2, -0.15) is 0 Å². The van der Waals surface area contributed by atoms with Crippen LogP contribution in [0.3, 0.4) is 0 Å². The third-order valence-electron chi connectivity index (χ3n) is 3.88. The molecule has 0 amide bonds. The van der Waals surface area contributed by atoms with Gasteiger partial charge in [-0.05, 0) is 38.2 Å². The Morgan fingerprint density at radius 1 is 1.29 bits per heavy atom. The summed E-state index contributed by atoms with van der Waals surface area (Å²) < 4.78 is 0. The van der Waals surface area contributed by atoms with Gasteiger partial charge in [0.25, 0.3) is 0 Å². The average molecular weight is 233 g/mol. The molecule has 2 nitrogen and oxygen atoms in total. The maximum atomic E-state index is 9.77. The Morgan fingerprint density at radius 2 is 2.00 bits per heavy atom. The molecular formula is C15H23NO. The first-order valence-corrected chi connectivity index (χ1v) is 6.65. The fourth-order valence-corrected chi connectivity index (χ4v) is 2.56. The molecule has 1 aliphatic rings. The maximum absolute atomic E-state index is 9.77. The zero-order valence-corrected chi connectivity index (χ0v) is 10.8. The van der Waals surface area contributed by atoms with Gasteiger partial charge in [0.1, 0.15) is 0 Å². The van der Waals surface area contributed by atoms with Crippen molar-refractivity contribution in [1.29, 1.82) is 0 Å². The Balaban J connectivity index is 1.84. The highest BCUT2D eigenvalue weighted by Gasteiger charge is 2.25. The first-order chi connectivity index (χ1) is 8.16. The lowest BCUT2D eigenvalue weighted by molar-refractivity contribution is 0.130. The highest BCUT2D eigenvalue weighted by molar-refractivity contribution is 5.23. The van der Waals surface area contributed by atoms with Crippen molar-refractivity contribution in [3.8, 4) is 0 Å². The van der Waals surface area contributed by atoms with Gasteiger partial charge < -0.3 is 10.4 Å². The largest absolute Gasteiger partial charge is 0.393 e. The van der Waals surface area contributed by atoms with E-state index in [0.29, 0.717) is 12.0 Å². The molecule has 1 aromatic rings. The Hall–Kier alpha value is -0.860. The van der Waals surface area contributed by atoms with Crippen LogP contribution in [-0.4, -0.2) is 17.8 Å². The van der Waals surface area contributed by atoms with Crippen LogP contribution < -0.4 is 5.32 Å². The summed E-state index contributed by atoms with van der Waals surface area (Å²) >= 11 is 0. The first-order valence-electron chi connectivity index (χ1n) is 6.65. The number of aryl methyl sites for hydroxylation is 1. The molecule has 0 aromatic heterocycles. The molecule has 2 rings (SSSR count). The van der Waals surface area contributed by atoms with Crippen LogP contribution in [0.2, 0.25) is 0 Å². The Labute approximate surface area is 104 Å². The first kappa shape index (κ1) is 12.6. The Morgan fingerprint density at radius 3 is 2.59 bits per heavy atom. The van der Waals surface area contributed by atoms with Crippen molar-refractivity contribution in [3.05, 3.63) is 35.4 Å². The predicted octanol–water partition coefficient (Wildman–Crippen LogP) is 2.81. The van der Waals surface area contributed by atoms with E-state index in [1.807, 2.05) is 0 Å². The minimum atomic E-state index is -0.0901. The van der Waals surface area contributed by atoms with E-state index < -0.39 is 0 Å².